The summed E-state index contributed by atoms with van der Waals surface area (Å²) < 4.78 is 16.0. The number of anilines is 1. The molecule has 9 heteroatoms. The zero-order chi connectivity index (χ0) is 23.3. The molecule has 0 radical (unpaired) electrons. The number of guanidine groups is 1. The van der Waals surface area contributed by atoms with Crippen molar-refractivity contribution in [3.8, 4) is 11.3 Å². The lowest BCUT2D eigenvalue weighted by atomic mass is 10.1. The van der Waals surface area contributed by atoms with Crippen LogP contribution >= 0.6 is 11.8 Å². The van der Waals surface area contributed by atoms with Crippen LogP contribution in [0.25, 0.3) is 11.3 Å². The summed E-state index contributed by atoms with van der Waals surface area (Å²) in [6.45, 7) is 7.35. The first-order valence-electron chi connectivity index (χ1n) is 10.9. The zero-order valence-electron chi connectivity index (χ0n) is 19.0. The summed E-state index contributed by atoms with van der Waals surface area (Å²) >= 11 is 1.61. The van der Waals surface area contributed by atoms with E-state index in [-0.39, 0.29) is 17.3 Å². The van der Waals surface area contributed by atoms with Crippen molar-refractivity contribution in [1.82, 2.24) is 19.7 Å². The molecule has 0 N–H and O–H groups in total. The fourth-order valence-corrected chi connectivity index (χ4v) is 5.10. The molecule has 0 bridgehead atoms. The summed E-state index contributed by atoms with van der Waals surface area (Å²) in [5, 5.41) is 5.73. The number of carbonyl (C=O) groups excluding carboxylic acids is 1. The van der Waals surface area contributed by atoms with E-state index in [1.807, 2.05) is 33.8 Å². The van der Waals surface area contributed by atoms with E-state index in [1.54, 1.807) is 36.0 Å². The topological polar surface area (TPSA) is 66.6 Å². The summed E-state index contributed by atoms with van der Waals surface area (Å²) in [6.07, 6.45) is 1.58. The van der Waals surface area contributed by atoms with Gasteiger partial charge < -0.3 is 0 Å². The fourth-order valence-electron chi connectivity index (χ4n) is 4.25. The van der Waals surface area contributed by atoms with Crippen LogP contribution in [0, 0.1) is 5.82 Å². The second-order valence-corrected chi connectivity index (χ2v) is 10.1. The molecule has 2 aromatic heterocycles. The molecule has 0 unspecified atom stereocenters. The molecule has 5 rings (SSSR count). The third-order valence-electron chi connectivity index (χ3n) is 5.75. The third-order valence-corrected chi connectivity index (χ3v) is 6.73. The number of benzene rings is 1. The van der Waals surface area contributed by atoms with Gasteiger partial charge in [-0.15, -0.1) is 11.8 Å². The number of aliphatic imine (C=N–C) groups is 1. The maximum Gasteiger partial charge on any atom is 0.266 e. The van der Waals surface area contributed by atoms with E-state index in [1.165, 1.54) is 6.07 Å². The van der Waals surface area contributed by atoms with Gasteiger partial charge in [0, 0.05) is 18.8 Å². The minimum Gasteiger partial charge on any atom is -0.292 e. The number of nitrogens with zero attached hydrogens (tertiary/aromatic N) is 6. The summed E-state index contributed by atoms with van der Waals surface area (Å²) in [7, 11) is 1.77. The van der Waals surface area contributed by atoms with Crippen LogP contribution in [0.3, 0.4) is 0 Å². The van der Waals surface area contributed by atoms with Crippen molar-refractivity contribution in [2.75, 3.05) is 24.2 Å². The van der Waals surface area contributed by atoms with Crippen molar-refractivity contribution in [3.05, 3.63) is 59.5 Å². The highest BCUT2D eigenvalue weighted by Gasteiger charge is 2.44. The van der Waals surface area contributed by atoms with Gasteiger partial charge in [0.05, 0.1) is 18.6 Å². The monoisotopic (exact) mass is 464 g/mol. The Kier molecular flexibility index (Phi) is 5.23. The molecular formula is C24H25FN6OS. The first-order chi connectivity index (χ1) is 15.8. The zero-order valence-corrected chi connectivity index (χ0v) is 19.9. The molecule has 0 fully saturated rings. The van der Waals surface area contributed by atoms with Crippen molar-refractivity contribution in [2.24, 2.45) is 4.99 Å². The fraction of sp³-hybridized carbons (Fsp3) is 0.333. The van der Waals surface area contributed by atoms with Crippen molar-refractivity contribution in [3.63, 3.8) is 0 Å². The largest absolute Gasteiger partial charge is 0.292 e. The highest BCUT2D eigenvalue weighted by molar-refractivity contribution is 7.99. The van der Waals surface area contributed by atoms with Crippen molar-refractivity contribution < 1.29 is 9.18 Å². The standard InChI is InChI=1S/C24H25FN6OS/c1-5-33-22-18-20(30-14-24(2,3)27-23(30)29(4)21(18)32)28-31(22)13-15-8-10-16(11-9-15)19-17(25)7-6-12-26-19/h6-12H,5,13-14H2,1-4H3. The Hall–Kier alpha value is -3.20. The van der Waals surface area contributed by atoms with E-state index < -0.39 is 0 Å². The first kappa shape index (κ1) is 21.6. The van der Waals surface area contributed by atoms with E-state index in [0.717, 1.165) is 21.9 Å². The van der Waals surface area contributed by atoms with Crippen molar-refractivity contribution >= 4 is 29.4 Å². The van der Waals surface area contributed by atoms with Gasteiger partial charge in [0.2, 0.25) is 5.96 Å². The smallest absolute Gasteiger partial charge is 0.266 e. The van der Waals surface area contributed by atoms with Gasteiger partial charge in [-0.25, -0.2) is 9.38 Å². The predicted molar refractivity (Wildman–Crippen MR) is 128 cm³/mol. The summed E-state index contributed by atoms with van der Waals surface area (Å²) in [6, 6.07) is 10.6. The second-order valence-electron chi connectivity index (χ2n) is 8.80. The number of carbonyl (C=O) groups is 1. The molecule has 1 aromatic carbocycles. The lowest BCUT2D eigenvalue weighted by molar-refractivity contribution is 0.0862. The Balaban J connectivity index is 1.51. The van der Waals surface area contributed by atoms with Gasteiger partial charge in [-0.2, -0.15) is 5.10 Å². The number of hydrogen-bond donors (Lipinski definition) is 0. The maximum absolute atomic E-state index is 14.1. The number of halogens is 1. The molecule has 2 aliphatic heterocycles. The van der Waals surface area contributed by atoms with Crippen LogP contribution in [-0.4, -0.2) is 56.4 Å². The van der Waals surface area contributed by atoms with Crippen LogP contribution in [-0.2, 0) is 6.54 Å². The minimum absolute atomic E-state index is 0.0825. The van der Waals surface area contributed by atoms with E-state index in [4.69, 9.17) is 10.1 Å². The van der Waals surface area contributed by atoms with Crippen LogP contribution < -0.4 is 4.90 Å². The highest BCUT2D eigenvalue weighted by atomic mass is 32.2. The molecule has 7 nitrogen and oxygen atoms in total. The quantitative estimate of drug-likeness (QED) is 0.527. The van der Waals surface area contributed by atoms with E-state index in [0.29, 0.717) is 36.1 Å². The van der Waals surface area contributed by atoms with Crippen molar-refractivity contribution in [1.29, 1.82) is 0 Å². The Morgan fingerprint density at radius 3 is 2.64 bits per heavy atom. The molecule has 0 aliphatic carbocycles. The molecule has 4 heterocycles. The Morgan fingerprint density at radius 2 is 1.94 bits per heavy atom. The number of rotatable bonds is 5. The Morgan fingerprint density at radius 1 is 1.18 bits per heavy atom. The third kappa shape index (κ3) is 3.70. The summed E-state index contributed by atoms with van der Waals surface area (Å²) in [5.41, 5.74) is 2.40. The Bertz CT molecular complexity index is 1270. The average Bonchev–Trinajstić information content (AvgIpc) is 3.30. The minimum atomic E-state index is -0.347. The molecule has 0 saturated heterocycles. The molecule has 0 spiro atoms. The van der Waals surface area contributed by atoms with Crippen LogP contribution in [0.2, 0.25) is 0 Å². The van der Waals surface area contributed by atoms with Gasteiger partial charge in [-0.05, 0) is 37.3 Å². The van der Waals surface area contributed by atoms with Crippen molar-refractivity contribution in [2.45, 2.75) is 37.9 Å². The normalized spacial score (nSPS) is 16.6. The van der Waals surface area contributed by atoms with Crippen LogP contribution in [0.1, 0.15) is 36.7 Å². The SMILES string of the molecule is CCSc1c2c(nn1Cc1ccc(-c3ncccc3F)cc1)N1CC(C)(C)N=C1N(C)C2=O. The number of hydrogen-bond acceptors (Lipinski definition) is 6. The number of fused-ring (bicyclic) bond motifs is 3. The molecule has 1 amide bonds. The maximum atomic E-state index is 14.1. The molecular weight excluding hydrogens is 439 g/mol. The van der Waals surface area contributed by atoms with Gasteiger partial charge in [-0.3, -0.25) is 24.3 Å². The van der Waals surface area contributed by atoms with E-state index in [2.05, 4.69) is 25.8 Å². The molecule has 0 atom stereocenters. The predicted octanol–water partition coefficient (Wildman–Crippen LogP) is 4.28. The number of amides is 1. The molecule has 0 saturated carbocycles. The second kappa shape index (κ2) is 7.98. The van der Waals surface area contributed by atoms with Crippen LogP contribution in [0.15, 0.2) is 52.6 Å². The lowest BCUT2D eigenvalue weighted by Crippen LogP contribution is -2.48. The van der Waals surface area contributed by atoms with Gasteiger partial charge in [0.1, 0.15) is 22.1 Å². The van der Waals surface area contributed by atoms with Crippen LogP contribution in [0.4, 0.5) is 10.2 Å². The molecule has 3 aromatic rings. The van der Waals surface area contributed by atoms with Gasteiger partial charge in [0.25, 0.3) is 5.91 Å². The van der Waals surface area contributed by atoms with Crippen LogP contribution in [0.5, 0.6) is 0 Å². The van der Waals surface area contributed by atoms with E-state index >= 15 is 0 Å². The van der Waals surface area contributed by atoms with E-state index in [9.17, 15) is 9.18 Å². The van der Waals surface area contributed by atoms with Gasteiger partial charge in [-0.1, -0.05) is 31.2 Å². The van der Waals surface area contributed by atoms with Gasteiger partial charge >= 0.3 is 0 Å². The highest BCUT2D eigenvalue weighted by Crippen LogP contribution is 2.39. The molecule has 2 aliphatic rings. The van der Waals surface area contributed by atoms with Gasteiger partial charge in [0.15, 0.2) is 5.82 Å². The lowest BCUT2D eigenvalue weighted by Gasteiger charge is -2.30. The molecule has 170 valence electrons. The number of aromatic nitrogens is 3. The summed E-state index contributed by atoms with van der Waals surface area (Å²) in [4.78, 5) is 25.8. The average molecular weight is 465 g/mol. The number of thioether (sulfide) groups is 1. The summed E-state index contributed by atoms with van der Waals surface area (Å²) in [5.74, 6) is 1.71. The Labute approximate surface area is 196 Å². The number of pyridine rings is 1. The first-order valence-corrected chi connectivity index (χ1v) is 11.9. The molecule has 33 heavy (non-hydrogen) atoms.